The van der Waals surface area contributed by atoms with E-state index >= 15 is 0 Å². The molecule has 0 aliphatic carbocycles. The molecule has 6 nitrogen and oxygen atoms in total. The Bertz CT molecular complexity index is 1010. The molecular formula is C21H22FN5O. The van der Waals surface area contributed by atoms with Crippen LogP contribution in [-0.2, 0) is 17.9 Å². The fourth-order valence-corrected chi connectivity index (χ4v) is 3.44. The van der Waals surface area contributed by atoms with Crippen LogP contribution in [0.1, 0.15) is 19.0 Å². The van der Waals surface area contributed by atoms with Crippen molar-refractivity contribution >= 4 is 11.7 Å². The zero-order chi connectivity index (χ0) is 19.7. The summed E-state index contributed by atoms with van der Waals surface area (Å²) >= 11 is 0. The standard InChI is InChI=1S/C21H22FN5O/c1-3-19(28)24-18-12-15(8-9-23-18)20-17-13-26(2)10-11-27(17)25-21(20)14-4-6-16(22)7-5-14/h4-9,12H,3,10-11,13H2,1-2H3,(H,23,24,28). The second-order valence-corrected chi connectivity index (χ2v) is 6.97. The first-order valence-corrected chi connectivity index (χ1v) is 9.35. The minimum absolute atomic E-state index is 0.0832. The second kappa shape index (κ2) is 7.52. The topological polar surface area (TPSA) is 63.1 Å². The van der Waals surface area contributed by atoms with E-state index < -0.39 is 0 Å². The van der Waals surface area contributed by atoms with Crippen LogP contribution in [0.25, 0.3) is 22.4 Å². The number of likely N-dealkylation sites (N-methyl/N-ethyl adjacent to an activating group) is 1. The van der Waals surface area contributed by atoms with E-state index in [1.807, 2.05) is 16.8 Å². The number of carbonyl (C=O) groups excluding carboxylic acids is 1. The molecule has 0 unspecified atom stereocenters. The van der Waals surface area contributed by atoms with E-state index in [-0.39, 0.29) is 11.7 Å². The van der Waals surface area contributed by atoms with Crippen molar-refractivity contribution in [2.45, 2.75) is 26.4 Å². The zero-order valence-corrected chi connectivity index (χ0v) is 15.9. The number of anilines is 1. The summed E-state index contributed by atoms with van der Waals surface area (Å²) in [6, 6.07) is 10.2. The van der Waals surface area contributed by atoms with Gasteiger partial charge in [-0.3, -0.25) is 14.4 Å². The van der Waals surface area contributed by atoms with Gasteiger partial charge in [-0.1, -0.05) is 6.92 Å². The van der Waals surface area contributed by atoms with Gasteiger partial charge in [-0.05, 0) is 49.0 Å². The first-order chi connectivity index (χ1) is 13.5. The maximum Gasteiger partial charge on any atom is 0.225 e. The number of hydrogen-bond acceptors (Lipinski definition) is 4. The van der Waals surface area contributed by atoms with Crippen molar-refractivity contribution in [1.29, 1.82) is 0 Å². The number of amides is 1. The smallest absolute Gasteiger partial charge is 0.225 e. The highest BCUT2D eigenvalue weighted by Crippen LogP contribution is 2.37. The van der Waals surface area contributed by atoms with Gasteiger partial charge in [0.1, 0.15) is 17.3 Å². The Hall–Kier alpha value is -3.06. The van der Waals surface area contributed by atoms with Crippen molar-refractivity contribution in [1.82, 2.24) is 19.7 Å². The van der Waals surface area contributed by atoms with Crippen molar-refractivity contribution < 1.29 is 9.18 Å². The normalized spacial score (nSPS) is 14.0. The number of fused-ring (bicyclic) bond motifs is 1. The number of halogens is 1. The summed E-state index contributed by atoms with van der Waals surface area (Å²) in [6.07, 6.45) is 2.08. The van der Waals surface area contributed by atoms with Crippen molar-refractivity contribution in [3.63, 3.8) is 0 Å². The van der Waals surface area contributed by atoms with Crippen molar-refractivity contribution in [3.8, 4) is 22.4 Å². The predicted molar refractivity (Wildman–Crippen MR) is 106 cm³/mol. The molecule has 2 aromatic heterocycles. The van der Waals surface area contributed by atoms with Gasteiger partial charge in [0.2, 0.25) is 5.91 Å². The van der Waals surface area contributed by atoms with E-state index in [1.54, 1.807) is 25.3 Å². The summed E-state index contributed by atoms with van der Waals surface area (Å²) in [5.41, 5.74) is 4.69. The third-order valence-corrected chi connectivity index (χ3v) is 4.93. The van der Waals surface area contributed by atoms with Crippen molar-refractivity contribution in [2.24, 2.45) is 0 Å². The summed E-state index contributed by atoms with van der Waals surface area (Å²) in [7, 11) is 2.08. The fourth-order valence-electron chi connectivity index (χ4n) is 3.44. The van der Waals surface area contributed by atoms with E-state index in [0.29, 0.717) is 12.2 Å². The average Bonchev–Trinajstić information content (AvgIpc) is 3.07. The van der Waals surface area contributed by atoms with Crippen LogP contribution < -0.4 is 5.32 Å². The molecule has 1 N–H and O–H groups in total. The van der Waals surface area contributed by atoms with Crippen LogP contribution in [0, 0.1) is 5.82 Å². The molecule has 0 radical (unpaired) electrons. The zero-order valence-electron chi connectivity index (χ0n) is 15.9. The Morgan fingerprint density at radius 2 is 1.96 bits per heavy atom. The number of benzene rings is 1. The molecule has 28 heavy (non-hydrogen) atoms. The van der Waals surface area contributed by atoms with Gasteiger partial charge in [0.15, 0.2) is 0 Å². The van der Waals surface area contributed by atoms with Gasteiger partial charge in [-0.2, -0.15) is 5.10 Å². The molecule has 1 aliphatic heterocycles. The third kappa shape index (κ3) is 3.53. The molecule has 1 aliphatic rings. The number of hydrogen-bond donors (Lipinski definition) is 1. The number of aromatic nitrogens is 3. The Morgan fingerprint density at radius 1 is 1.18 bits per heavy atom. The molecule has 0 fully saturated rings. The van der Waals surface area contributed by atoms with Gasteiger partial charge in [-0.15, -0.1) is 0 Å². The second-order valence-electron chi connectivity index (χ2n) is 6.97. The highest BCUT2D eigenvalue weighted by atomic mass is 19.1. The van der Waals surface area contributed by atoms with Crippen LogP contribution in [0.4, 0.5) is 10.2 Å². The van der Waals surface area contributed by atoms with E-state index in [1.165, 1.54) is 12.1 Å². The predicted octanol–water partition coefficient (Wildman–Crippen LogP) is 3.55. The van der Waals surface area contributed by atoms with Gasteiger partial charge in [0.05, 0.1) is 12.2 Å². The molecule has 0 bridgehead atoms. The van der Waals surface area contributed by atoms with E-state index in [0.717, 1.165) is 47.7 Å². The van der Waals surface area contributed by atoms with Gasteiger partial charge in [-0.25, -0.2) is 9.37 Å². The lowest BCUT2D eigenvalue weighted by Crippen LogP contribution is -2.30. The van der Waals surface area contributed by atoms with Crippen molar-refractivity contribution in [2.75, 3.05) is 18.9 Å². The Kier molecular flexibility index (Phi) is 4.92. The molecule has 1 aromatic carbocycles. The molecule has 1 amide bonds. The fraction of sp³-hybridized carbons (Fsp3) is 0.286. The summed E-state index contributed by atoms with van der Waals surface area (Å²) < 4.78 is 15.5. The summed E-state index contributed by atoms with van der Waals surface area (Å²) in [5, 5.41) is 7.64. The molecular weight excluding hydrogens is 357 g/mol. The minimum Gasteiger partial charge on any atom is -0.311 e. The lowest BCUT2D eigenvalue weighted by Gasteiger charge is -2.24. The number of nitrogens with zero attached hydrogens (tertiary/aromatic N) is 4. The van der Waals surface area contributed by atoms with Crippen LogP contribution >= 0.6 is 0 Å². The lowest BCUT2D eigenvalue weighted by molar-refractivity contribution is -0.115. The first kappa shape index (κ1) is 18.3. The maximum absolute atomic E-state index is 13.4. The molecule has 3 heterocycles. The molecule has 144 valence electrons. The number of rotatable bonds is 4. The maximum atomic E-state index is 13.4. The largest absolute Gasteiger partial charge is 0.311 e. The van der Waals surface area contributed by atoms with Crippen LogP contribution in [-0.4, -0.2) is 39.2 Å². The van der Waals surface area contributed by atoms with Crippen molar-refractivity contribution in [3.05, 3.63) is 54.1 Å². The highest BCUT2D eigenvalue weighted by Gasteiger charge is 2.24. The van der Waals surface area contributed by atoms with Gasteiger partial charge in [0.25, 0.3) is 0 Å². The monoisotopic (exact) mass is 379 g/mol. The van der Waals surface area contributed by atoms with Crippen LogP contribution in [0.15, 0.2) is 42.6 Å². The average molecular weight is 379 g/mol. The van der Waals surface area contributed by atoms with Gasteiger partial charge in [0, 0.05) is 36.8 Å². The minimum atomic E-state index is -0.275. The van der Waals surface area contributed by atoms with E-state index in [9.17, 15) is 9.18 Å². The number of carbonyl (C=O) groups is 1. The SMILES string of the molecule is CCC(=O)Nc1cc(-c2c(-c3ccc(F)cc3)nn3c2CN(C)CC3)ccn1. The van der Waals surface area contributed by atoms with Crippen LogP contribution in [0.3, 0.4) is 0 Å². The van der Waals surface area contributed by atoms with Crippen LogP contribution in [0.5, 0.6) is 0 Å². The lowest BCUT2D eigenvalue weighted by atomic mass is 9.98. The molecule has 0 atom stereocenters. The van der Waals surface area contributed by atoms with Gasteiger partial charge < -0.3 is 5.32 Å². The molecule has 0 saturated carbocycles. The Morgan fingerprint density at radius 3 is 2.71 bits per heavy atom. The number of pyridine rings is 1. The van der Waals surface area contributed by atoms with Gasteiger partial charge >= 0.3 is 0 Å². The molecule has 7 heteroatoms. The molecule has 0 spiro atoms. The highest BCUT2D eigenvalue weighted by molar-refractivity contribution is 5.91. The molecule has 0 saturated heterocycles. The van der Waals surface area contributed by atoms with E-state index in [4.69, 9.17) is 5.10 Å². The molecule has 3 aromatic rings. The quantitative estimate of drug-likeness (QED) is 0.753. The molecule has 4 rings (SSSR count). The Balaban J connectivity index is 1.85. The van der Waals surface area contributed by atoms with E-state index in [2.05, 4.69) is 22.2 Å². The first-order valence-electron chi connectivity index (χ1n) is 9.35. The summed E-state index contributed by atoms with van der Waals surface area (Å²) in [4.78, 5) is 18.3. The summed E-state index contributed by atoms with van der Waals surface area (Å²) in [6.45, 7) is 4.29. The third-order valence-electron chi connectivity index (χ3n) is 4.93. The van der Waals surface area contributed by atoms with Crippen LogP contribution in [0.2, 0.25) is 0 Å². The summed E-state index contributed by atoms with van der Waals surface area (Å²) in [5.74, 6) is 0.154. The Labute approximate surface area is 163 Å². The number of nitrogens with one attached hydrogen (secondary N) is 1.